The van der Waals surface area contributed by atoms with Crippen LogP contribution in [0.1, 0.15) is 6.92 Å². The molecule has 0 atom stereocenters. The first-order chi connectivity index (χ1) is 5.43. The van der Waals surface area contributed by atoms with Gasteiger partial charge in [0.05, 0.1) is 0 Å². The Balaban J connectivity index is 4.81. The van der Waals surface area contributed by atoms with E-state index in [4.69, 9.17) is 15.9 Å². The van der Waals surface area contributed by atoms with Crippen LogP contribution in [0.3, 0.4) is 0 Å². The molecule has 4 N–H and O–H groups in total. The Morgan fingerprint density at radius 2 is 2.08 bits per heavy atom. The summed E-state index contributed by atoms with van der Waals surface area (Å²) in [5.41, 5.74) is 5.16. The van der Waals surface area contributed by atoms with Crippen LogP contribution in [-0.4, -0.2) is 21.9 Å². The topological polar surface area (TPSA) is 95.9 Å². The summed E-state index contributed by atoms with van der Waals surface area (Å²) in [6.07, 6.45) is 1.13. The van der Waals surface area contributed by atoms with Gasteiger partial charge in [0.25, 0.3) is 0 Å². The van der Waals surface area contributed by atoms with Gasteiger partial charge in [-0.1, -0.05) is 0 Å². The first kappa shape index (κ1) is 10.2. The van der Waals surface area contributed by atoms with Crippen LogP contribution in [0.15, 0.2) is 29.2 Å². The van der Waals surface area contributed by atoms with Crippen LogP contribution >= 0.6 is 0 Å². The highest BCUT2D eigenvalue weighted by Crippen LogP contribution is 1.92. The predicted molar refractivity (Wildman–Crippen MR) is 44.8 cm³/mol. The molecule has 66 valence electrons. The molecule has 0 heterocycles. The van der Waals surface area contributed by atoms with E-state index in [2.05, 4.69) is 11.6 Å². The normalized spacial score (nSPS) is 12.8. The number of hydrogen-bond acceptors (Lipinski definition) is 4. The summed E-state index contributed by atoms with van der Waals surface area (Å²) in [6.45, 7) is 4.53. The number of aliphatic carboxylic acids is 1. The average Bonchev–Trinajstić information content (AvgIpc) is 1.83. The van der Waals surface area contributed by atoms with Crippen molar-refractivity contribution in [3.05, 3.63) is 24.2 Å². The zero-order valence-electron chi connectivity index (χ0n) is 6.61. The van der Waals surface area contributed by atoms with Crippen molar-refractivity contribution in [3.8, 4) is 0 Å². The maximum atomic E-state index is 10.4. The zero-order chi connectivity index (χ0) is 9.72. The summed E-state index contributed by atoms with van der Waals surface area (Å²) in [5, 5.41) is 17.1. The fraction of sp³-hybridized carbons (Fsp3) is 0.143. The molecule has 0 saturated carbocycles. The van der Waals surface area contributed by atoms with Gasteiger partial charge < -0.3 is 15.9 Å². The fourth-order valence-electron chi connectivity index (χ4n) is 0.497. The molecule has 5 nitrogen and oxygen atoms in total. The first-order valence-corrected chi connectivity index (χ1v) is 3.07. The molecule has 0 fully saturated rings. The molecule has 0 aliphatic rings. The number of carboxylic acid groups (broad SMARTS) is 1. The summed E-state index contributed by atoms with van der Waals surface area (Å²) in [5.74, 6) is -1.83. The first-order valence-electron chi connectivity index (χ1n) is 3.07. The van der Waals surface area contributed by atoms with Gasteiger partial charge in [-0.05, 0) is 19.6 Å². The maximum Gasteiger partial charge on any atom is 0.354 e. The third-order valence-electron chi connectivity index (χ3n) is 0.833. The number of aliphatic imine (C=N–C) groups is 1. The van der Waals surface area contributed by atoms with Gasteiger partial charge in [0.2, 0.25) is 5.88 Å². The van der Waals surface area contributed by atoms with Crippen molar-refractivity contribution in [1.82, 2.24) is 0 Å². The van der Waals surface area contributed by atoms with Crippen molar-refractivity contribution in [1.29, 1.82) is 0 Å². The Morgan fingerprint density at radius 3 is 2.33 bits per heavy atom. The molecule has 0 amide bonds. The number of aliphatic hydroxyl groups is 1. The van der Waals surface area contributed by atoms with Gasteiger partial charge in [0, 0.05) is 5.70 Å². The number of rotatable bonds is 3. The monoisotopic (exact) mass is 170 g/mol. The summed E-state index contributed by atoms with van der Waals surface area (Å²) in [7, 11) is 0. The van der Waals surface area contributed by atoms with Crippen molar-refractivity contribution >= 4 is 11.7 Å². The SMILES string of the molecule is C=C(O)/N=C(\C=C(\C)N)C(=O)O. The minimum absolute atomic E-state index is 0.289. The van der Waals surface area contributed by atoms with Gasteiger partial charge in [-0.2, -0.15) is 0 Å². The highest BCUT2D eigenvalue weighted by atomic mass is 16.4. The van der Waals surface area contributed by atoms with Gasteiger partial charge >= 0.3 is 5.97 Å². The number of nitrogens with two attached hydrogens (primary N) is 1. The molecule has 0 radical (unpaired) electrons. The highest BCUT2D eigenvalue weighted by Gasteiger charge is 2.05. The number of allylic oxidation sites excluding steroid dienone is 1. The lowest BCUT2D eigenvalue weighted by Gasteiger charge is -1.94. The van der Waals surface area contributed by atoms with Crippen LogP contribution in [0.25, 0.3) is 0 Å². The molecule has 0 aromatic heterocycles. The Labute approximate surface area is 69.5 Å². The van der Waals surface area contributed by atoms with Crippen LogP contribution in [0, 0.1) is 0 Å². The van der Waals surface area contributed by atoms with Crippen LogP contribution in [0.2, 0.25) is 0 Å². The molecule has 0 unspecified atom stereocenters. The molecular weight excluding hydrogens is 160 g/mol. The number of carbonyl (C=O) groups is 1. The number of aliphatic hydroxyl groups excluding tert-OH is 1. The third kappa shape index (κ3) is 4.10. The largest absolute Gasteiger partial charge is 0.494 e. The fourth-order valence-corrected chi connectivity index (χ4v) is 0.497. The van der Waals surface area contributed by atoms with Crippen molar-refractivity contribution in [3.63, 3.8) is 0 Å². The van der Waals surface area contributed by atoms with E-state index in [-0.39, 0.29) is 11.4 Å². The minimum Gasteiger partial charge on any atom is -0.494 e. The number of carboxylic acids is 1. The smallest absolute Gasteiger partial charge is 0.354 e. The summed E-state index contributed by atoms with van der Waals surface area (Å²) < 4.78 is 0. The van der Waals surface area contributed by atoms with E-state index < -0.39 is 11.9 Å². The molecule has 0 aliphatic heterocycles. The van der Waals surface area contributed by atoms with Crippen LogP contribution < -0.4 is 5.73 Å². The minimum atomic E-state index is -1.27. The molecule has 12 heavy (non-hydrogen) atoms. The van der Waals surface area contributed by atoms with E-state index in [1.54, 1.807) is 0 Å². The molecule has 0 saturated heterocycles. The van der Waals surface area contributed by atoms with Crippen LogP contribution in [0.5, 0.6) is 0 Å². The van der Waals surface area contributed by atoms with Gasteiger partial charge in [-0.25, -0.2) is 9.79 Å². The summed E-state index contributed by atoms with van der Waals surface area (Å²) in [4.78, 5) is 13.6. The van der Waals surface area contributed by atoms with Crippen molar-refractivity contribution in [2.45, 2.75) is 6.92 Å². The second kappa shape index (κ2) is 4.17. The highest BCUT2D eigenvalue weighted by molar-refractivity contribution is 6.40. The summed E-state index contributed by atoms with van der Waals surface area (Å²) >= 11 is 0. The molecule has 0 aromatic rings. The van der Waals surface area contributed by atoms with E-state index in [0.29, 0.717) is 0 Å². The quantitative estimate of drug-likeness (QED) is 0.422. The molecule has 5 heteroatoms. The summed E-state index contributed by atoms with van der Waals surface area (Å²) in [6, 6.07) is 0. The van der Waals surface area contributed by atoms with E-state index >= 15 is 0 Å². The van der Waals surface area contributed by atoms with E-state index in [1.165, 1.54) is 6.92 Å². The lowest BCUT2D eigenvalue weighted by molar-refractivity contribution is -0.129. The lowest BCUT2D eigenvalue weighted by atomic mass is 10.3. The Hall–Kier alpha value is -1.78. The van der Waals surface area contributed by atoms with Gasteiger partial charge in [0.15, 0.2) is 5.71 Å². The van der Waals surface area contributed by atoms with E-state index in [1.807, 2.05) is 0 Å². The van der Waals surface area contributed by atoms with Gasteiger partial charge in [0.1, 0.15) is 0 Å². The Kier molecular flexibility index (Phi) is 3.55. The van der Waals surface area contributed by atoms with Gasteiger partial charge in [-0.15, -0.1) is 0 Å². The van der Waals surface area contributed by atoms with Crippen molar-refractivity contribution < 1.29 is 15.0 Å². The third-order valence-corrected chi connectivity index (χ3v) is 0.833. The van der Waals surface area contributed by atoms with E-state index in [0.717, 1.165) is 6.08 Å². The standard InChI is InChI=1S/C7H10N2O3/c1-4(8)3-6(7(11)12)9-5(2)10/h3,10H,2,8H2,1H3,(H,11,12)/b4-3-,9-6+. The zero-order valence-corrected chi connectivity index (χ0v) is 6.61. The number of hydrogen-bond donors (Lipinski definition) is 3. The van der Waals surface area contributed by atoms with Crippen LogP contribution in [-0.2, 0) is 4.79 Å². The van der Waals surface area contributed by atoms with Crippen LogP contribution in [0.4, 0.5) is 0 Å². The second-order valence-electron chi connectivity index (χ2n) is 2.11. The Morgan fingerprint density at radius 1 is 1.58 bits per heavy atom. The number of nitrogens with zero attached hydrogens (tertiary/aromatic N) is 1. The molecule has 0 spiro atoms. The average molecular weight is 170 g/mol. The lowest BCUT2D eigenvalue weighted by Crippen LogP contribution is -2.12. The maximum absolute atomic E-state index is 10.4. The van der Waals surface area contributed by atoms with Crippen molar-refractivity contribution in [2.75, 3.05) is 0 Å². The van der Waals surface area contributed by atoms with Crippen molar-refractivity contribution in [2.24, 2.45) is 10.7 Å². The molecule has 0 rings (SSSR count). The predicted octanol–water partition coefficient (Wildman–Crippen LogP) is 0.404. The van der Waals surface area contributed by atoms with E-state index in [9.17, 15) is 4.79 Å². The molecular formula is C7H10N2O3. The molecule has 0 aromatic carbocycles. The van der Waals surface area contributed by atoms with Gasteiger partial charge in [-0.3, -0.25) is 0 Å². The molecule has 0 aliphatic carbocycles. The second-order valence-corrected chi connectivity index (χ2v) is 2.11. The molecule has 0 bridgehead atoms. The Bertz CT molecular complexity index is 262.